The van der Waals surface area contributed by atoms with Gasteiger partial charge in [-0.05, 0) is 26.3 Å². The van der Waals surface area contributed by atoms with E-state index in [-0.39, 0.29) is 0 Å². The average molecular weight is 313 g/mol. The van der Waals surface area contributed by atoms with Gasteiger partial charge in [-0.2, -0.15) is 0 Å². The molecule has 0 saturated carbocycles. The van der Waals surface area contributed by atoms with Gasteiger partial charge in [0, 0.05) is 6.26 Å². The van der Waals surface area contributed by atoms with Gasteiger partial charge in [0.2, 0.25) is 5.91 Å². The van der Waals surface area contributed by atoms with Crippen LogP contribution in [0, 0.1) is 0 Å². The van der Waals surface area contributed by atoms with Gasteiger partial charge in [0.25, 0.3) is 0 Å². The standard InChI is InChI=1S/C15H23NO4S/c1-12(21(4,18)19)14(17)16-15(2,3)11-20-10-13-8-6-5-7-9-13/h5-9,12H,10-11H2,1-4H3,(H,16,17)/t12-/m1/s1. The summed E-state index contributed by atoms with van der Waals surface area (Å²) in [6, 6.07) is 9.70. The highest BCUT2D eigenvalue weighted by molar-refractivity contribution is 7.92. The van der Waals surface area contributed by atoms with Gasteiger partial charge in [-0.1, -0.05) is 30.3 Å². The molecule has 1 amide bonds. The molecule has 1 aromatic carbocycles. The minimum absolute atomic E-state index is 0.296. The highest BCUT2D eigenvalue weighted by Gasteiger charge is 2.28. The van der Waals surface area contributed by atoms with Crippen LogP contribution in [0.5, 0.6) is 0 Å². The van der Waals surface area contributed by atoms with Gasteiger partial charge in [-0.15, -0.1) is 0 Å². The number of carbonyl (C=O) groups excluding carboxylic acids is 1. The van der Waals surface area contributed by atoms with Crippen molar-refractivity contribution in [2.75, 3.05) is 12.9 Å². The first-order valence-corrected chi connectivity index (χ1v) is 8.70. The molecule has 0 spiro atoms. The Morgan fingerprint density at radius 1 is 1.29 bits per heavy atom. The zero-order valence-corrected chi connectivity index (χ0v) is 13.7. The largest absolute Gasteiger partial charge is 0.374 e. The Labute approximate surface area is 126 Å². The third-order valence-electron chi connectivity index (χ3n) is 3.05. The van der Waals surface area contributed by atoms with Crippen molar-refractivity contribution in [3.8, 4) is 0 Å². The van der Waals surface area contributed by atoms with E-state index in [0.717, 1.165) is 11.8 Å². The summed E-state index contributed by atoms with van der Waals surface area (Å²) in [6.07, 6.45) is 1.05. The molecular weight excluding hydrogens is 290 g/mol. The number of sulfone groups is 1. The monoisotopic (exact) mass is 313 g/mol. The number of hydrogen-bond donors (Lipinski definition) is 1. The van der Waals surface area contributed by atoms with Crippen molar-refractivity contribution in [3.05, 3.63) is 35.9 Å². The zero-order valence-electron chi connectivity index (χ0n) is 12.9. The second kappa shape index (κ2) is 7.04. The maximum atomic E-state index is 11.9. The van der Waals surface area contributed by atoms with Crippen molar-refractivity contribution in [2.45, 2.75) is 38.2 Å². The maximum absolute atomic E-state index is 11.9. The molecule has 0 fully saturated rings. The molecule has 1 N–H and O–H groups in total. The fourth-order valence-corrected chi connectivity index (χ4v) is 2.11. The molecule has 1 aromatic rings. The fourth-order valence-electron chi connectivity index (χ4n) is 1.66. The van der Waals surface area contributed by atoms with Gasteiger partial charge in [-0.3, -0.25) is 4.79 Å². The van der Waals surface area contributed by atoms with Crippen molar-refractivity contribution in [1.29, 1.82) is 0 Å². The van der Waals surface area contributed by atoms with E-state index in [0.29, 0.717) is 13.2 Å². The van der Waals surface area contributed by atoms with E-state index in [9.17, 15) is 13.2 Å². The number of nitrogens with one attached hydrogen (secondary N) is 1. The number of amides is 1. The summed E-state index contributed by atoms with van der Waals surface area (Å²) in [5.74, 6) is -0.509. The first-order valence-electron chi connectivity index (χ1n) is 6.74. The molecule has 21 heavy (non-hydrogen) atoms. The van der Waals surface area contributed by atoms with Crippen LogP contribution in [0.4, 0.5) is 0 Å². The van der Waals surface area contributed by atoms with Gasteiger partial charge in [0.15, 0.2) is 9.84 Å². The molecule has 1 rings (SSSR count). The Kier molecular flexibility index (Phi) is 5.92. The fraction of sp³-hybridized carbons (Fsp3) is 0.533. The highest BCUT2D eigenvalue weighted by Crippen LogP contribution is 2.08. The number of hydrogen-bond acceptors (Lipinski definition) is 4. The van der Waals surface area contributed by atoms with Crippen LogP contribution in [-0.4, -0.2) is 38.0 Å². The lowest BCUT2D eigenvalue weighted by atomic mass is 10.1. The Balaban J connectivity index is 2.48. The molecule has 0 saturated heterocycles. The average Bonchev–Trinajstić information content (AvgIpc) is 2.37. The third-order valence-corrected chi connectivity index (χ3v) is 4.55. The normalized spacial score (nSPS) is 13.7. The van der Waals surface area contributed by atoms with Crippen LogP contribution in [0.25, 0.3) is 0 Å². The molecule has 6 heteroatoms. The summed E-state index contributed by atoms with van der Waals surface area (Å²) < 4.78 is 28.3. The number of ether oxygens (including phenoxy) is 1. The predicted molar refractivity (Wildman–Crippen MR) is 82.6 cm³/mol. The third kappa shape index (κ3) is 6.27. The molecule has 0 aliphatic carbocycles. The number of carbonyl (C=O) groups is 1. The lowest BCUT2D eigenvalue weighted by molar-refractivity contribution is -0.122. The summed E-state index contributed by atoms with van der Waals surface area (Å²) in [5.41, 5.74) is 0.411. The van der Waals surface area contributed by atoms with Gasteiger partial charge in [-0.25, -0.2) is 8.42 Å². The zero-order chi connectivity index (χ0) is 16.1. The molecule has 118 valence electrons. The minimum Gasteiger partial charge on any atom is -0.374 e. The SMILES string of the molecule is C[C@H](C(=O)NC(C)(C)COCc1ccccc1)S(C)(=O)=O. The molecule has 5 nitrogen and oxygen atoms in total. The first-order chi connectivity index (χ1) is 9.62. The molecule has 0 heterocycles. The predicted octanol–water partition coefficient (Wildman–Crippen LogP) is 1.53. The van der Waals surface area contributed by atoms with Crippen LogP contribution < -0.4 is 5.32 Å². The second-order valence-corrected chi connectivity index (χ2v) is 8.19. The summed E-state index contributed by atoms with van der Waals surface area (Å²) in [5, 5.41) is 1.64. The Morgan fingerprint density at radius 2 is 1.86 bits per heavy atom. The van der Waals surface area contributed by atoms with Gasteiger partial charge >= 0.3 is 0 Å². The summed E-state index contributed by atoms with van der Waals surface area (Å²) in [7, 11) is -3.39. The number of rotatable bonds is 7. The van der Waals surface area contributed by atoms with Gasteiger partial charge in [0.05, 0.1) is 18.8 Å². The van der Waals surface area contributed by atoms with Crippen LogP contribution in [-0.2, 0) is 26.0 Å². The van der Waals surface area contributed by atoms with Crippen molar-refractivity contribution in [2.24, 2.45) is 0 Å². The van der Waals surface area contributed by atoms with Crippen LogP contribution in [0.3, 0.4) is 0 Å². The Bertz CT molecular complexity index is 567. The van der Waals surface area contributed by atoms with E-state index in [1.165, 1.54) is 6.92 Å². The molecule has 0 aliphatic rings. The highest BCUT2D eigenvalue weighted by atomic mass is 32.2. The van der Waals surface area contributed by atoms with Crippen LogP contribution in [0.1, 0.15) is 26.3 Å². The first kappa shape index (κ1) is 17.7. The smallest absolute Gasteiger partial charge is 0.238 e. The second-order valence-electron chi connectivity index (χ2n) is 5.82. The molecule has 0 aliphatic heterocycles. The number of benzene rings is 1. The van der Waals surface area contributed by atoms with Crippen molar-refractivity contribution in [1.82, 2.24) is 5.32 Å². The minimum atomic E-state index is -3.39. The van der Waals surface area contributed by atoms with E-state index in [2.05, 4.69) is 5.32 Å². The molecular formula is C15H23NO4S. The summed E-state index contributed by atoms with van der Waals surface area (Å²) >= 11 is 0. The van der Waals surface area contributed by atoms with Gasteiger partial charge in [0.1, 0.15) is 5.25 Å². The molecule has 0 aromatic heterocycles. The van der Waals surface area contributed by atoms with E-state index >= 15 is 0 Å². The van der Waals surface area contributed by atoms with E-state index in [1.807, 2.05) is 30.3 Å². The summed E-state index contributed by atoms with van der Waals surface area (Å²) in [4.78, 5) is 11.9. The van der Waals surface area contributed by atoms with E-state index < -0.39 is 26.5 Å². The van der Waals surface area contributed by atoms with Gasteiger partial charge < -0.3 is 10.1 Å². The Morgan fingerprint density at radius 3 is 2.38 bits per heavy atom. The summed E-state index contributed by atoms with van der Waals surface area (Å²) in [6.45, 7) is 5.72. The lowest BCUT2D eigenvalue weighted by Gasteiger charge is -2.27. The van der Waals surface area contributed by atoms with Crippen molar-refractivity contribution < 1.29 is 17.9 Å². The quantitative estimate of drug-likeness (QED) is 0.828. The van der Waals surface area contributed by atoms with Crippen LogP contribution >= 0.6 is 0 Å². The van der Waals surface area contributed by atoms with Crippen molar-refractivity contribution >= 4 is 15.7 Å². The molecule has 0 unspecified atom stereocenters. The Hall–Kier alpha value is -1.40. The van der Waals surface area contributed by atoms with E-state index in [4.69, 9.17) is 4.74 Å². The van der Waals surface area contributed by atoms with Crippen molar-refractivity contribution in [3.63, 3.8) is 0 Å². The molecule has 1 atom stereocenters. The lowest BCUT2D eigenvalue weighted by Crippen LogP contribution is -2.51. The maximum Gasteiger partial charge on any atom is 0.238 e. The van der Waals surface area contributed by atoms with Crippen LogP contribution in [0.15, 0.2) is 30.3 Å². The molecule has 0 bridgehead atoms. The topological polar surface area (TPSA) is 72.5 Å². The molecule has 0 radical (unpaired) electrons. The van der Waals surface area contributed by atoms with Crippen LogP contribution in [0.2, 0.25) is 0 Å². The van der Waals surface area contributed by atoms with E-state index in [1.54, 1.807) is 13.8 Å².